The molecule has 0 aromatic carbocycles. The predicted molar refractivity (Wildman–Crippen MR) is 69.9 cm³/mol. The van der Waals surface area contributed by atoms with Crippen molar-refractivity contribution in [1.82, 2.24) is 4.90 Å². The van der Waals surface area contributed by atoms with Crippen LogP contribution in [0.1, 0.15) is 45.4 Å². The molecule has 0 heterocycles. The molecule has 3 heteroatoms. The second-order valence-corrected chi connectivity index (χ2v) is 4.88. The van der Waals surface area contributed by atoms with Crippen LogP contribution < -0.4 is 0 Å². The highest BCUT2D eigenvalue weighted by Crippen LogP contribution is 2.21. The Morgan fingerprint density at radius 2 is 1.88 bits per heavy atom. The van der Waals surface area contributed by atoms with Crippen molar-refractivity contribution in [2.75, 3.05) is 20.2 Å². The van der Waals surface area contributed by atoms with Gasteiger partial charge in [-0.15, -0.1) is 0 Å². The average molecular weight is 239 g/mol. The van der Waals surface area contributed by atoms with E-state index in [9.17, 15) is 4.79 Å². The third kappa shape index (κ3) is 4.90. The van der Waals surface area contributed by atoms with Gasteiger partial charge in [-0.2, -0.15) is 0 Å². The maximum atomic E-state index is 11.5. The highest BCUT2D eigenvalue weighted by atomic mass is 16.5. The molecule has 0 unspecified atom stereocenters. The Kier molecular flexibility index (Phi) is 6.27. The van der Waals surface area contributed by atoms with Crippen molar-refractivity contribution < 1.29 is 9.53 Å². The van der Waals surface area contributed by atoms with Gasteiger partial charge in [0.05, 0.1) is 6.61 Å². The predicted octanol–water partition coefficient (Wildman–Crippen LogP) is 2.76. The molecule has 0 saturated heterocycles. The summed E-state index contributed by atoms with van der Waals surface area (Å²) in [7, 11) is 2.08. The molecule has 0 aliphatic heterocycles. The summed E-state index contributed by atoms with van der Waals surface area (Å²) in [6.45, 7) is 6.69. The van der Waals surface area contributed by atoms with Gasteiger partial charge in [0, 0.05) is 18.2 Å². The van der Waals surface area contributed by atoms with Crippen LogP contribution in [0.2, 0.25) is 0 Å². The van der Waals surface area contributed by atoms with Gasteiger partial charge in [-0.1, -0.05) is 32.3 Å². The quantitative estimate of drug-likeness (QED) is 0.420. The van der Waals surface area contributed by atoms with Crippen molar-refractivity contribution in [3.63, 3.8) is 0 Å². The highest BCUT2D eigenvalue weighted by Gasteiger charge is 2.19. The molecule has 0 aromatic rings. The van der Waals surface area contributed by atoms with Gasteiger partial charge in [0.2, 0.25) is 0 Å². The van der Waals surface area contributed by atoms with Gasteiger partial charge < -0.3 is 4.74 Å². The lowest BCUT2D eigenvalue weighted by Crippen LogP contribution is -2.34. The van der Waals surface area contributed by atoms with E-state index in [1.807, 2.05) is 6.92 Å². The van der Waals surface area contributed by atoms with E-state index in [0.717, 1.165) is 0 Å². The minimum Gasteiger partial charge on any atom is -0.463 e. The van der Waals surface area contributed by atoms with Crippen LogP contribution in [0.25, 0.3) is 0 Å². The van der Waals surface area contributed by atoms with E-state index in [-0.39, 0.29) is 5.97 Å². The number of nitrogens with zero attached hydrogens (tertiary/aromatic N) is 1. The molecule has 1 rings (SSSR count). The van der Waals surface area contributed by atoms with E-state index in [1.54, 1.807) is 0 Å². The molecule has 1 aliphatic rings. The van der Waals surface area contributed by atoms with Crippen LogP contribution in [0.15, 0.2) is 12.2 Å². The zero-order valence-corrected chi connectivity index (χ0v) is 11.2. The largest absolute Gasteiger partial charge is 0.463 e. The number of hydrogen-bond donors (Lipinski definition) is 0. The standard InChI is InChI=1S/C14H25NO2/c1-4-17-14(16)12(2)11-15(3)13-9-7-5-6-8-10-13/h13H,2,4-11H2,1,3H3. The lowest BCUT2D eigenvalue weighted by Gasteiger charge is -2.27. The van der Waals surface area contributed by atoms with Crippen LogP contribution in [0.5, 0.6) is 0 Å². The molecule has 1 fully saturated rings. The number of carbonyl (C=O) groups is 1. The molecule has 98 valence electrons. The SMILES string of the molecule is C=C(CN(C)C1CCCCCC1)C(=O)OCC. The molecule has 3 nitrogen and oxygen atoms in total. The summed E-state index contributed by atoms with van der Waals surface area (Å²) in [5, 5.41) is 0. The fourth-order valence-electron chi connectivity index (χ4n) is 2.43. The van der Waals surface area contributed by atoms with Crippen molar-refractivity contribution >= 4 is 5.97 Å². The van der Waals surface area contributed by atoms with Crippen molar-refractivity contribution in [2.45, 2.75) is 51.5 Å². The van der Waals surface area contributed by atoms with E-state index >= 15 is 0 Å². The summed E-state index contributed by atoms with van der Waals surface area (Å²) >= 11 is 0. The molecule has 0 spiro atoms. The number of rotatable bonds is 5. The average Bonchev–Trinajstić information content (AvgIpc) is 2.57. The third-order valence-corrected chi connectivity index (χ3v) is 3.45. The Morgan fingerprint density at radius 3 is 2.41 bits per heavy atom. The minimum absolute atomic E-state index is 0.257. The Labute approximate surface area is 105 Å². The molecular weight excluding hydrogens is 214 g/mol. The van der Waals surface area contributed by atoms with E-state index < -0.39 is 0 Å². The molecular formula is C14H25NO2. The number of likely N-dealkylation sites (N-methyl/N-ethyl adjacent to an activating group) is 1. The van der Waals surface area contributed by atoms with Crippen molar-refractivity contribution in [3.8, 4) is 0 Å². The molecule has 17 heavy (non-hydrogen) atoms. The van der Waals surface area contributed by atoms with Crippen LogP contribution in [0, 0.1) is 0 Å². The summed E-state index contributed by atoms with van der Waals surface area (Å²) in [6.07, 6.45) is 7.80. The van der Waals surface area contributed by atoms with Crippen LogP contribution >= 0.6 is 0 Å². The van der Waals surface area contributed by atoms with Gasteiger partial charge in [0.25, 0.3) is 0 Å². The molecule has 0 amide bonds. The van der Waals surface area contributed by atoms with Gasteiger partial charge in [0.1, 0.15) is 0 Å². The maximum Gasteiger partial charge on any atom is 0.334 e. The van der Waals surface area contributed by atoms with Crippen LogP contribution in [0.4, 0.5) is 0 Å². The molecule has 0 bridgehead atoms. The van der Waals surface area contributed by atoms with E-state index in [0.29, 0.717) is 24.8 Å². The van der Waals surface area contributed by atoms with Crippen LogP contribution in [-0.4, -0.2) is 37.1 Å². The fourth-order valence-corrected chi connectivity index (χ4v) is 2.43. The number of esters is 1. The first-order valence-electron chi connectivity index (χ1n) is 6.70. The van der Waals surface area contributed by atoms with E-state index in [4.69, 9.17) is 4.74 Å². The van der Waals surface area contributed by atoms with Gasteiger partial charge in [-0.3, -0.25) is 4.90 Å². The summed E-state index contributed by atoms with van der Waals surface area (Å²) in [5.41, 5.74) is 0.568. The Morgan fingerprint density at radius 1 is 1.29 bits per heavy atom. The van der Waals surface area contributed by atoms with Crippen molar-refractivity contribution in [2.24, 2.45) is 0 Å². The van der Waals surface area contributed by atoms with Crippen LogP contribution in [-0.2, 0) is 9.53 Å². The van der Waals surface area contributed by atoms with E-state index in [1.165, 1.54) is 38.5 Å². The number of ether oxygens (including phenoxy) is 1. The van der Waals surface area contributed by atoms with E-state index in [2.05, 4.69) is 18.5 Å². The lowest BCUT2D eigenvalue weighted by atomic mass is 10.1. The Balaban J connectivity index is 2.38. The zero-order valence-electron chi connectivity index (χ0n) is 11.2. The normalized spacial score (nSPS) is 17.8. The van der Waals surface area contributed by atoms with Gasteiger partial charge in [0.15, 0.2) is 0 Å². The van der Waals surface area contributed by atoms with Crippen molar-refractivity contribution in [3.05, 3.63) is 12.2 Å². The first kappa shape index (κ1) is 14.2. The lowest BCUT2D eigenvalue weighted by molar-refractivity contribution is -0.138. The second kappa shape index (κ2) is 7.49. The first-order chi connectivity index (χ1) is 8.15. The van der Waals surface area contributed by atoms with Crippen molar-refractivity contribution in [1.29, 1.82) is 0 Å². The third-order valence-electron chi connectivity index (χ3n) is 3.45. The molecule has 1 saturated carbocycles. The molecule has 1 aliphatic carbocycles. The number of carbonyl (C=O) groups excluding carboxylic acids is 1. The van der Waals surface area contributed by atoms with Gasteiger partial charge in [-0.25, -0.2) is 4.79 Å². The summed E-state index contributed by atoms with van der Waals surface area (Å²) < 4.78 is 4.95. The van der Waals surface area contributed by atoms with Gasteiger partial charge >= 0.3 is 5.97 Å². The topological polar surface area (TPSA) is 29.5 Å². The minimum atomic E-state index is -0.257. The highest BCUT2D eigenvalue weighted by molar-refractivity contribution is 5.88. The summed E-state index contributed by atoms with van der Waals surface area (Å²) in [4.78, 5) is 13.7. The number of hydrogen-bond acceptors (Lipinski definition) is 3. The molecule has 0 aromatic heterocycles. The Bertz CT molecular complexity index is 255. The van der Waals surface area contributed by atoms with Gasteiger partial charge in [-0.05, 0) is 26.8 Å². The molecule has 0 N–H and O–H groups in total. The first-order valence-corrected chi connectivity index (χ1v) is 6.70. The summed E-state index contributed by atoms with van der Waals surface area (Å²) in [5.74, 6) is -0.257. The smallest absolute Gasteiger partial charge is 0.334 e. The summed E-state index contributed by atoms with van der Waals surface area (Å²) in [6, 6.07) is 0.601. The Hall–Kier alpha value is -0.830. The fraction of sp³-hybridized carbons (Fsp3) is 0.786. The van der Waals surface area contributed by atoms with Crippen LogP contribution in [0.3, 0.4) is 0 Å². The maximum absolute atomic E-state index is 11.5. The second-order valence-electron chi connectivity index (χ2n) is 4.88. The monoisotopic (exact) mass is 239 g/mol. The molecule has 0 radical (unpaired) electrons. The zero-order chi connectivity index (χ0) is 12.7. The molecule has 0 atom stereocenters.